The van der Waals surface area contributed by atoms with Crippen LogP contribution in [0.25, 0.3) is 22.3 Å². The topological polar surface area (TPSA) is 87.6 Å². The molecular weight excluding hydrogens is 380 g/mol. The Morgan fingerprint density at radius 2 is 2.10 bits per heavy atom. The molecule has 30 heavy (non-hydrogen) atoms. The molecule has 4 rings (SSSR count). The predicted molar refractivity (Wildman–Crippen MR) is 117 cm³/mol. The summed E-state index contributed by atoms with van der Waals surface area (Å²) in [6, 6.07) is 13.2. The predicted octanol–water partition coefficient (Wildman–Crippen LogP) is 4.03. The second-order valence-corrected chi connectivity index (χ2v) is 7.62. The van der Waals surface area contributed by atoms with E-state index in [9.17, 15) is 9.90 Å². The smallest absolute Gasteiger partial charge is 0.407 e. The molecule has 0 saturated carbocycles. The number of hydrogen-bond donors (Lipinski definition) is 2. The van der Waals surface area contributed by atoms with Gasteiger partial charge in [-0.25, -0.2) is 14.8 Å². The molecule has 1 atom stereocenters. The van der Waals surface area contributed by atoms with Crippen LogP contribution in [-0.2, 0) is 4.74 Å². The van der Waals surface area contributed by atoms with Crippen LogP contribution in [0.15, 0.2) is 42.5 Å². The molecule has 3 aromatic rings. The van der Waals surface area contributed by atoms with Crippen LogP contribution in [0.3, 0.4) is 0 Å². The summed E-state index contributed by atoms with van der Waals surface area (Å²) in [5.41, 5.74) is 2.53. The van der Waals surface area contributed by atoms with Crippen molar-refractivity contribution in [2.75, 3.05) is 24.6 Å². The van der Waals surface area contributed by atoms with Crippen molar-refractivity contribution in [3.63, 3.8) is 0 Å². The number of nitrogens with one attached hydrogen (secondary N) is 1. The van der Waals surface area contributed by atoms with Crippen molar-refractivity contribution in [2.24, 2.45) is 0 Å². The number of carbonyl (C=O) groups excluding carboxylic acids is 1. The van der Waals surface area contributed by atoms with Crippen LogP contribution in [0.2, 0.25) is 0 Å². The Hall–Kier alpha value is -3.35. The fourth-order valence-corrected chi connectivity index (χ4v) is 3.72. The van der Waals surface area contributed by atoms with Gasteiger partial charge >= 0.3 is 6.09 Å². The summed E-state index contributed by atoms with van der Waals surface area (Å²) in [6.45, 7) is 5.82. The molecule has 0 bridgehead atoms. The number of nitrogens with zero attached hydrogens (tertiary/aromatic N) is 3. The number of phenols is 1. The number of anilines is 1. The number of aromatic nitrogens is 2. The maximum Gasteiger partial charge on any atom is 0.407 e. The fraction of sp³-hybridized carbons (Fsp3) is 0.348. The Morgan fingerprint density at radius 1 is 1.27 bits per heavy atom. The first-order valence-corrected chi connectivity index (χ1v) is 10.3. The Kier molecular flexibility index (Phi) is 5.70. The Bertz CT molecular complexity index is 1070. The lowest BCUT2D eigenvalue weighted by molar-refractivity contribution is 0.143. The molecule has 156 valence electrons. The van der Waals surface area contributed by atoms with Crippen molar-refractivity contribution in [1.82, 2.24) is 15.3 Å². The highest BCUT2D eigenvalue weighted by molar-refractivity contribution is 5.92. The molecule has 2 heterocycles. The molecule has 0 spiro atoms. The standard InChI is InChI=1S/C23H26N4O3/c1-3-12-30-23(29)24-16-10-11-27(14-16)22-17-9-8-15(2)13-19(17)25-21(26-22)18-6-4-5-7-20(18)28/h4-9,13,16,28H,3,10-12,14H2,1-2H3,(H,24,29)/t16-/m1/s1. The van der Waals surface area contributed by atoms with Crippen LogP contribution >= 0.6 is 0 Å². The van der Waals surface area contributed by atoms with Crippen molar-refractivity contribution >= 4 is 22.8 Å². The largest absolute Gasteiger partial charge is 0.507 e. The van der Waals surface area contributed by atoms with E-state index in [1.807, 2.05) is 44.2 Å². The van der Waals surface area contributed by atoms with Crippen LogP contribution in [0.4, 0.5) is 10.6 Å². The van der Waals surface area contributed by atoms with Gasteiger partial charge in [0, 0.05) is 18.5 Å². The third-order valence-electron chi connectivity index (χ3n) is 5.22. The molecule has 0 radical (unpaired) electrons. The summed E-state index contributed by atoms with van der Waals surface area (Å²) in [6.07, 6.45) is 1.23. The molecule has 7 nitrogen and oxygen atoms in total. The number of phenolic OH excluding ortho intramolecular Hbond substituents is 1. The zero-order valence-electron chi connectivity index (χ0n) is 17.3. The van der Waals surface area contributed by atoms with E-state index < -0.39 is 0 Å². The number of amides is 1. The number of fused-ring (bicyclic) bond motifs is 1. The van der Waals surface area contributed by atoms with Crippen LogP contribution in [0.1, 0.15) is 25.3 Å². The molecule has 1 aliphatic rings. The highest BCUT2D eigenvalue weighted by atomic mass is 16.5. The number of rotatable bonds is 5. The number of aromatic hydroxyl groups is 1. The molecule has 0 unspecified atom stereocenters. The lowest BCUT2D eigenvalue weighted by atomic mass is 10.1. The zero-order chi connectivity index (χ0) is 21.1. The molecule has 1 amide bonds. The van der Waals surface area contributed by atoms with Crippen molar-refractivity contribution in [1.29, 1.82) is 0 Å². The van der Waals surface area contributed by atoms with Gasteiger partial charge in [0.25, 0.3) is 0 Å². The number of carbonyl (C=O) groups is 1. The molecule has 2 aromatic carbocycles. The molecule has 2 N–H and O–H groups in total. The van der Waals surface area contributed by atoms with Gasteiger partial charge in [0.15, 0.2) is 5.82 Å². The highest BCUT2D eigenvalue weighted by Gasteiger charge is 2.27. The van der Waals surface area contributed by atoms with Gasteiger partial charge in [0.2, 0.25) is 0 Å². The molecule has 0 aliphatic carbocycles. The summed E-state index contributed by atoms with van der Waals surface area (Å²) >= 11 is 0. The van der Waals surface area contributed by atoms with Gasteiger partial charge in [0.05, 0.1) is 23.7 Å². The van der Waals surface area contributed by atoms with Crippen LogP contribution < -0.4 is 10.2 Å². The van der Waals surface area contributed by atoms with E-state index in [4.69, 9.17) is 14.7 Å². The quantitative estimate of drug-likeness (QED) is 0.665. The summed E-state index contributed by atoms with van der Waals surface area (Å²) in [4.78, 5) is 23.6. The van der Waals surface area contributed by atoms with Gasteiger partial charge in [-0.1, -0.05) is 25.1 Å². The first-order valence-electron chi connectivity index (χ1n) is 10.3. The monoisotopic (exact) mass is 406 g/mol. The first-order chi connectivity index (χ1) is 14.5. The number of ether oxygens (including phenoxy) is 1. The van der Waals surface area contributed by atoms with E-state index >= 15 is 0 Å². The van der Waals surface area contributed by atoms with Crippen LogP contribution in [0.5, 0.6) is 5.75 Å². The van der Waals surface area contributed by atoms with Gasteiger partial charge < -0.3 is 20.1 Å². The van der Waals surface area contributed by atoms with E-state index in [0.717, 1.165) is 41.7 Å². The minimum Gasteiger partial charge on any atom is -0.507 e. The lowest BCUT2D eigenvalue weighted by Gasteiger charge is -2.21. The average molecular weight is 406 g/mol. The first kappa shape index (κ1) is 19.9. The van der Waals surface area contributed by atoms with Gasteiger partial charge in [-0.2, -0.15) is 0 Å². The van der Waals surface area contributed by atoms with Gasteiger partial charge in [-0.3, -0.25) is 0 Å². The molecule has 7 heteroatoms. The van der Waals surface area contributed by atoms with E-state index in [1.165, 1.54) is 0 Å². The third kappa shape index (κ3) is 4.15. The second-order valence-electron chi connectivity index (χ2n) is 7.62. The Labute approximate surface area is 175 Å². The number of para-hydroxylation sites is 1. The lowest BCUT2D eigenvalue weighted by Crippen LogP contribution is -2.37. The minimum absolute atomic E-state index is 0.00148. The van der Waals surface area contributed by atoms with Gasteiger partial charge in [-0.05, 0) is 49.6 Å². The van der Waals surface area contributed by atoms with E-state index in [-0.39, 0.29) is 17.9 Å². The SMILES string of the molecule is CCCOC(=O)N[C@@H]1CCN(c2nc(-c3ccccc3O)nc3cc(C)ccc23)C1. The zero-order valence-corrected chi connectivity index (χ0v) is 17.3. The maximum absolute atomic E-state index is 11.9. The Morgan fingerprint density at radius 3 is 2.90 bits per heavy atom. The van der Waals surface area contributed by atoms with E-state index in [1.54, 1.807) is 12.1 Å². The number of aryl methyl sites for hydroxylation is 1. The number of hydrogen-bond acceptors (Lipinski definition) is 6. The summed E-state index contributed by atoms with van der Waals surface area (Å²) < 4.78 is 5.15. The number of alkyl carbamates (subject to hydrolysis) is 1. The second kappa shape index (κ2) is 8.57. The van der Waals surface area contributed by atoms with Gasteiger partial charge in [-0.15, -0.1) is 0 Å². The molecule has 1 fully saturated rings. The third-order valence-corrected chi connectivity index (χ3v) is 5.22. The average Bonchev–Trinajstić information content (AvgIpc) is 3.19. The molecule has 1 aromatic heterocycles. The van der Waals surface area contributed by atoms with Crippen molar-refractivity contribution in [2.45, 2.75) is 32.7 Å². The van der Waals surface area contributed by atoms with Crippen molar-refractivity contribution in [3.8, 4) is 17.1 Å². The summed E-state index contributed by atoms with van der Waals surface area (Å²) in [7, 11) is 0. The normalized spacial score (nSPS) is 16.1. The summed E-state index contributed by atoms with van der Waals surface area (Å²) in [5, 5.41) is 14.2. The molecular formula is C23H26N4O3. The minimum atomic E-state index is -0.373. The van der Waals surface area contributed by atoms with Crippen LogP contribution in [0, 0.1) is 6.92 Å². The Balaban J connectivity index is 1.66. The molecule has 1 aliphatic heterocycles. The number of benzene rings is 2. The van der Waals surface area contributed by atoms with E-state index in [2.05, 4.69) is 10.2 Å². The summed E-state index contributed by atoms with van der Waals surface area (Å²) in [5.74, 6) is 1.44. The van der Waals surface area contributed by atoms with Crippen molar-refractivity contribution < 1.29 is 14.6 Å². The fourth-order valence-electron chi connectivity index (χ4n) is 3.72. The maximum atomic E-state index is 11.9. The van der Waals surface area contributed by atoms with Crippen LogP contribution in [-0.4, -0.2) is 46.9 Å². The molecule has 1 saturated heterocycles. The van der Waals surface area contributed by atoms with E-state index in [0.29, 0.717) is 24.5 Å². The highest BCUT2D eigenvalue weighted by Crippen LogP contribution is 2.33. The van der Waals surface area contributed by atoms with Gasteiger partial charge in [0.1, 0.15) is 11.6 Å². The van der Waals surface area contributed by atoms with Crippen molar-refractivity contribution in [3.05, 3.63) is 48.0 Å².